The molecular formula is C20H22N4O4. The predicted molar refractivity (Wildman–Crippen MR) is 103 cm³/mol. The van der Waals surface area contributed by atoms with Gasteiger partial charge < -0.3 is 19.3 Å². The highest BCUT2D eigenvalue weighted by atomic mass is 16.5. The Kier molecular flexibility index (Phi) is 4.85. The molecule has 1 aromatic carbocycles. The van der Waals surface area contributed by atoms with Gasteiger partial charge in [0.25, 0.3) is 5.91 Å². The molecule has 8 heteroatoms. The average molecular weight is 382 g/mol. The normalized spacial score (nSPS) is 19.5. The molecule has 0 atom stereocenters. The summed E-state index contributed by atoms with van der Waals surface area (Å²) in [4.78, 5) is 27.4. The maximum Gasteiger partial charge on any atom is 0.277 e. The Morgan fingerprint density at radius 1 is 1.32 bits per heavy atom. The van der Waals surface area contributed by atoms with Gasteiger partial charge in [-0.3, -0.25) is 9.48 Å². The highest BCUT2D eigenvalue weighted by Crippen LogP contribution is 2.34. The zero-order chi connectivity index (χ0) is 19.7. The lowest BCUT2D eigenvalue weighted by Crippen LogP contribution is -2.19. The number of hydrogen-bond donors (Lipinski definition) is 1. The number of nitrogens with zero attached hydrogens (tertiary/aromatic N) is 3. The number of benzene rings is 1. The molecule has 2 heterocycles. The lowest BCUT2D eigenvalue weighted by atomic mass is 9.87. The van der Waals surface area contributed by atoms with Gasteiger partial charge in [0.05, 0.1) is 24.4 Å². The van der Waals surface area contributed by atoms with Gasteiger partial charge in [0.15, 0.2) is 11.6 Å². The second-order valence-corrected chi connectivity index (χ2v) is 7.13. The van der Waals surface area contributed by atoms with Gasteiger partial charge in [-0.2, -0.15) is 5.10 Å². The molecule has 2 aromatic heterocycles. The first-order valence-electron chi connectivity index (χ1n) is 9.33. The van der Waals surface area contributed by atoms with E-state index < -0.39 is 0 Å². The Morgan fingerprint density at radius 2 is 2.11 bits per heavy atom. The van der Waals surface area contributed by atoms with Crippen LogP contribution in [0.1, 0.15) is 48.1 Å². The summed E-state index contributed by atoms with van der Waals surface area (Å²) >= 11 is 0. The zero-order valence-electron chi connectivity index (χ0n) is 15.8. The van der Waals surface area contributed by atoms with Crippen molar-refractivity contribution in [1.29, 1.82) is 0 Å². The number of aldehydes is 1. The van der Waals surface area contributed by atoms with Gasteiger partial charge in [-0.15, -0.1) is 0 Å². The molecule has 0 radical (unpaired) electrons. The molecule has 146 valence electrons. The molecule has 3 aromatic rings. The van der Waals surface area contributed by atoms with E-state index in [9.17, 15) is 9.59 Å². The van der Waals surface area contributed by atoms with Crippen LogP contribution < -0.4 is 10.1 Å². The van der Waals surface area contributed by atoms with Crippen LogP contribution in [0.5, 0.6) is 5.75 Å². The lowest BCUT2D eigenvalue weighted by Gasteiger charge is -2.25. The Labute approximate surface area is 161 Å². The highest BCUT2D eigenvalue weighted by molar-refractivity contribution is 6.04. The number of carbonyl (C=O) groups excluding carboxylic acids is 2. The van der Waals surface area contributed by atoms with Crippen LogP contribution in [0.15, 0.2) is 29.0 Å². The van der Waals surface area contributed by atoms with Gasteiger partial charge in [-0.05, 0) is 31.7 Å². The largest absolute Gasteiger partial charge is 0.494 e. The molecule has 28 heavy (non-hydrogen) atoms. The minimum absolute atomic E-state index is 0.170. The van der Waals surface area contributed by atoms with Crippen molar-refractivity contribution in [3.63, 3.8) is 0 Å². The van der Waals surface area contributed by atoms with Crippen molar-refractivity contribution < 1.29 is 18.7 Å². The SMILES string of the molecule is COc1cc2nn(C3CCC(C=O)CC3)cc2cc1NC(=O)c1coc(C)n1. The van der Waals surface area contributed by atoms with Crippen LogP contribution in [0, 0.1) is 12.8 Å². The number of ether oxygens (including phenoxy) is 1. The molecule has 1 N–H and O–H groups in total. The number of fused-ring (bicyclic) bond motifs is 1. The summed E-state index contributed by atoms with van der Waals surface area (Å²) in [5.74, 6) is 0.756. The van der Waals surface area contributed by atoms with E-state index in [-0.39, 0.29) is 23.6 Å². The first-order valence-corrected chi connectivity index (χ1v) is 9.33. The Morgan fingerprint density at radius 3 is 2.75 bits per heavy atom. The van der Waals surface area contributed by atoms with Crippen LogP contribution >= 0.6 is 0 Å². The quantitative estimate of drug-likeness (QED) is 0.678. The fourth-order valence-electron chi connectivity index (χ4n) is 3.68. The molecule has 4 rings (SSSR count). The minimum Gasteiger partial charge on any atom is -0.494 e. The molecule has 1 saturated carbocycles. The van der Waals surface area contributed by atoms with E-state index in [0.29, 0.717) is 17.3 Å². The van der Waals surface area contributed by atoms with Crippen molar-refractivity contribution in [3.8, 4) is 5.75 Å². The molecule has 1 aliphatic carbocycles. The fraction of sp³-hybridized carbons (Fsp3) is 0.400. The van der Waals surface area contributed by atoms with Crippen molar-refractivity contribution in [2.24, 2.45) is 5.92 Å². The molecule has 1 aliphatic rings. The van der Waals surface area contributed by atoms with E-state index in [1.165, 1.54) is 6.26 Å². The number of oxazole rings is 1. The zero-order valence-corrected chi connectivity index (χ0v) is 15.8. The van der Waals surface area contributed by atoms with Gasteiger partial charge in [-0.1, -0.05) is 0 Å². The second kappa shape index (κ2) is 7.46. The molecule has 1 amide bonds. The smallest absolute Gasteiger partial charge is 0.277 e. The molecule has 0 bridgehead atoms. The van der Waals surface area contributed by atoms with Crippen LogP contribution in [-0.4, -0.2) is 34.1 Å². The van der Waals surface area contributed by atoms with Crippen LogP contribution in [0.4, 0.5) is 5.69 Å². The Balaban J connectivity index is 1.59. The van der Waals surface area contributed by atoms with E-state index in [4.69, 9.17) is 9.15 Å². The minimum atomic E-state index is -0.367. The predicted octanol–water partition coefficient (Wildman–Crippen LogP) is 3.52. The van der Waals surface area contributed by atoms with Crippen LogP contribution in [0.3, 0.4) is 0 Å². The highest BCUT2D eigenvalue weighted by Gasteiger charge is 2.23. The number of anilines is 1. The van der Waals surface area contributed by atoms with E-state index in [1.807, 2.05) is 23.0 Å². The van der Waals surface area contributed by atoms with Gasteiger partial charge in [0, 0.05) is 30.5 Å². The summed E-state index contributed by atoms with van der Waals surface area (Å²) in [5.41, 5.74) is 1.55. The molecule has 8 nitrogen and oxygen atoms in total. The van der Waals surface area contributed by atoms with Crippen molar-refractivity contribution >= 4 is 28.8 Å². The number of rotatable bonds is 5. The maximum atomic E-state index is 12.4. The van der Waals surface area contributed by atoms with Crippen LogP contribution in [-0.2, 0) is 4.79 Å². The van der Waals surface area contributed by atoms with Gasteiger partial charge in [0.2, 0.25) is 0 Å². The third-order valence-corrected chi connectivity index (χ3v) is 5.25. The molecule has 0 saturated heterocycles. The van der Waals surface area contributed by atoms with Crippen molar-refractivity contribution in [2.75, 3.05) is 12.4 Å². The van der Waals surface area contributed by atoms with Gasteiger partial charge >= 0.3 is 0 Å². The molecule has 0 aliphatic heterocycles. The number of amides is 1. The van der Waals surface area contributed by atoms with Crippen molar-refractivity contribution in [3.05, 3.63) is 36.2 Å². The van der Waals surface area contributed by atoms with E-state index >= 15 is 0 Å². The van der Waals surface area contributed by atoms with E-state index in [2.05, 4.69) is 15.4 Å². The van der Waals surface area contributed by atoms with E-state index in [0.717, 1.165) is 42.9 Å². The van der Waals surface area contributed by atoms with Crippen molar-refractivity contribution in [1.82, 2.24) is 14.8 Å². The average Bonchev–Trinajstić information content (AvgIpc) is 3.33. The summed E-state index contributed by atoms with van der Waals surface area (Å²) in [6.07, 6.45) is 8.03. The van der Waals surface area contributed by atoms with Crippen molar-refractivity contribution in [2.45, 2.75) is 38.6 Å². The first kappa shape index (κ1) is 18.2. The molecule has 0 spiro atoms. The standard InChI is InChI=1S/C20H22N4O4/c1-12-21-18(11-28-12)20(26)22-17-7-14-9-24(23-16(14)8-19(17)27-2)15-5-3-13(10-25)4-6-15/h7-11,13,15H,3-6H2,1-2H3,(H,22,26). The van der Waals surface area contributed by atoms with Crippen LogP contribution in [0.25, 0.3) is 10.9 Å². The van der Waals surface area contributed by atoms with Gasteiger partial charge in [0.1, 0.15) is 18.3 Å². The lowest BCUT2D eigenvalue weighted by molar-refractivity contribution is -0.112. The Bertz CT molecular complexity index is 1010. The molecule has 0 unspecified atom stereocenters. The summed E-state index contributed by atoms with van der Waals surface area (Å²) < 4.78 is 12.5. The van der Waals surface area contributed by atoms with Gasteiger partial charge in [-0.25, -0.2) is 4.98 Å². The second-order valence-electron chi connectivity index (χ2n) is 7.13. The topological polar surface area (TPSA) is 99.2 Å². The summed E-state index contributed by atoms with van der Waals surface area (Å²) in [6, 6.07) is 3.94. The van der Waals surface area contributed by atoms with Crippen LogP contribution in [0.2, 0.25) is 0 Å². The Hall–Kier alpha value is -3.16. The number of hydrogen-bond acceptors (Lipinski definition) is 6. The summed E-state index contributed by atoms with van der Waals surface area (Å²) in [5, 5.41) is 8.42. The third kappa shape index (κ3) is 3.49. The first-order chi connectivity index (χ1) is 13.6. The molecule has 1 fully saturated rings. The van der Waals surface area contributed by atoms with E-state index in [1.54, 1.807) is 14.0 Å². The molecular weight excluding hydrogens is 360 g/mol. The third-order valence-electron chi connectivity index (χ3n) is 5.25. The summed E-state index contributed by atoms with van der Waals surface area (Å²) in [7, 11) is 1.55. The number of carbonyl (C=O) groups is 2. The number of nitrogens with one attached hydrogen (secondary N) is 1. The monoisotopic (exact) mass is 382 g/mol. The maximum absolute atomic E-state index is 12.4. The number of aryl methyl sites for hydroxylation is 1. The fourth-order valence-corrected chi connectivity index (χ4v) is 3.68. The number of methoxy groups -OCH3 is 1. The number of aromatic nitrogens is 3. The summed E-state index contributed by atoms with van der Waals surface area (Å²) in [6.45, 7) is 1.68.